The molecule has 0 aliphatic heterocycles. The summed E-state index contributed by atoms with van der Waals surface area (Å²) < 4.78 is 8.04. The van der Waals surface area contributed by atoms with Gasteiger partial charge in [-0.1, -0.05) is 63.3 Å². The Labute approximate surface area is 191 Å². The SMILES string of the molecule is CC(C)(C)Oc1ccc(-n2cnc3cc(/C=C/c4ccc(C(C)(C)C)cc4)ccc32)cc1. The lowest BCUT2D eigenvalue weighted by Gasteiger charge is -2.21. The normalized spacial score (nSPS) is 12.6. The Morgan fingerprint density at radius 1 is 0.750 bits per heavy atom. The predicted molar refractivity (Wildman–Crippen MR) is 136 cm³/mol. The van der Waals surface area contributed by atoms with Crippen molar-refractivity contribution in [2.75, 3.05) is 0 Å². The lowest BCUT2D eigenvalue weighted by atomic mass is 9.87. The van der Waals surface area contributed by atoms with Crippen molar-refractivity contribution >= 4 is 23.2 Å². The van der Waals surface area contributed by atoms with Crippen molar-refractivity contribution < 1.29 is 4.74 Å². The van der Waals surface area contributed by atoms with E-state index in [0.29, 0.717) is 0 Å². The minimum Gasteiger partial charge on any atom is -0.488 e. The van der Waals surface area contributed by atoms with Crippen molar-refractivity contribution in [1.82, 2.24) is 9.55 Å². The highest BCUT2D eigenvalue weighted by Crippen LogP contribution is 2.25. The molecule has 0 N–H and O–H groups in total. The average Bonchev–Trinajstić information content (AvgIpc) is 3.14. The van der Waals surface area contributed by atoms with Gasteiger partial charge in [-0.3, -0.25) is 4.57 Å². The highest BCUT2D eigenvalue weighted by Gasteiger charge is 2.13. The number of fused-ring (bicyclic) bond motifs is 1. The van der Waals surface area contributed by atoms with Crippen LogP contribution in [0.15, 0.2) is 73.1 Å². The van der Waals surface area contributed by atoms with Gasteiger partial charge in [-0.15, -0.1) is 0 Å². The highest BCUT2D eigenvalue weighted by atomic mass is 16.5. The van der Waals surface area contributed by atoms with E-state index in [1.165, 1.54) is 11.1 Å². The summed E-state index contributed by atoms with van der Waals surface area (Å²) in [4.78, 5) is 4.63. The summed E-state index contributed by atoms with van der Waals surface area (Å²) in [6.45, 7) is 12.9. The third-order valence-electron chi connectivity index (χ3n) is 5.36. The van der Waals surface area contributed by atoms with Gasteiger partial charge in [0.1, 0.15) is 17.7 Å². The number of hydrogen-bond donors (Lipinski definition) is 0. The summed E-state index contributed by atoms with van der Waals surface area (Å²) in [7, 11) is 0. The lowest BCUT2D eigenvalue weighted by molar-refractivity contribution is 0.131. The Hall–Kier alpha value is -3.33. The number of imidazole rings is 1. The van der Waals surface area contributed by atoms with Gasteiger partial charge in [-0.05, 0) is 79.3 Å². The predicted octanol–water partition coefficient (Wildman–Crippen LogP) is 7.67. The highest BCUT2D eigenvalue weighted by molar-refractivity contribution is 5.82. The summed E-state index contributed by atoms with van der Waals surface area (Å²) in [6.07, 6.45) is 6.17. The maximum atomic E-state index is 5.93. The van der Waals surface area contributed by atoms with E-state index in [9.17, 15) is 0 Å². The zero-order valence-electron chi connectivity index (χ0n) is 19.9. The molecule has 0 atom stereocenters. The second-order valence-corrected chi connectivity index (χ2v) is 10.3. The number of nitrogens with zero attached hydrogens (tertiary/aromatic N) is 2. The Balaban J connectivity index is 1.53. The molecule has 0 radical (unpaired) electrons. The van der Waals surface area contributed by atoms with Crippen LogP contribution in [-0.2, 0) is 5.41 Å². The Morgan fingerprint density at radius 2 is 1.38 bits per heavy atom. The number of ether oxygens (including phenoxy) is 1. The van der Waals surface area contributed by atoms with Gasteiger partial charge in [0, 0.05) is 5.69 Å². The summed E-state index contributed by atoms with van der Waals surface area (Å²) >= 11 is 0. The van der Waals surface area contributed by atoms with Crippen molar-refractivity contribution in [2.24, 2.45) is 0 Å². The molecule has 3 heteroatoms. The maximum Gasteiger partial charge on any atom is 0.120 e. The number of aromatic nitrogens is 2. The fraction of sp³-hybridized carbons (Fsp3) is 0.276. The molecule has 0 aliphatic carbocycles. The molecule has 0 saturated carbocycles. The molecule has 164 valence electrons. The van der Waals surface area contributed by atoms with Gasteiger partial charge >= 0.3 is 0 Å². The molecule has 1 heterocycles. The van der Waals surface area contributed by atoms with Crippen LogP contribution >= 0.6 is 0 Å². The molecule has 0 aliphatic rings. The number of rotatable bonds is 4. The van der Waals surface area contributed by atoms with Crippen LogP contribution in [0.5, 0.6) is 5.75 Å². The van der Waals surface area contributed by atoms with Crippen molar-refractivity contribution in [2.45, 2.75) is 52.6 Å². The first-order valence-electron chi connectivity index (χ1n) is 11.1. The molecule has 32 heavy (non-hydrogen) atoms. The average molecular weight is 425 g/mol. The van der Waals surface area contributed by atoms with Crippen molar-refractivity contribution in [1.29, 1.82) is 0 Å². The summed E-state index contributed by atoms with van der Waals surface area (Å²) in [5, 5.41) is 0. The van der Waals surface area contributed by atoms with E-state index >= 15 is 0 Å². The zero-order chi connectivity index (χ0) is 22.9. The lowest BCUT2D eigenvalue weighted by Crippen LogP contribution is -2.22. The third kappa shape index (κ3) is 5.11. The Bertz CT molecular complexity index is 1230. The van der Waals surface area contributed by atoms with Gasteiger partial charge in [-0.2, -0.15) is 0 Å². The minimum atomic E-state index is -0.207. The first kappa shape index (κ1) is 21.9. The van der Waals surface area contributed by atoms with Gasteiger partial charge in [0.25, 0.3) is 0 Å². The van der Waals surface area contributed by atoms with Crippen molar-refractivity contribution in [3.05, 3.63) is 89.7 Å². The molecule has 0 fully saturated rings. The van der Waals surface area contributed by atoms with Gasteiger partial charge in [0.2, 0.25) is 0 Å². The first-order chi connectivity index (χ1) is 15.1. The Morgan fingerprint density at radius 3 is 2.00 bits per heavy atom. The molecule has 1 aromatic heterocycles. The van der Waals surface area contributed by atoms with Crippen LogP contribution in [0, 0.1) is 0 Å². The first-order valence-corrected chi connectivity index (χ1v) is 11.1. The van der Waals surface area contributed by atoms with Gasteiger partial charge in [0.15, 0.2) is 0 Å². The molecule has 4 rings (SSSR count). The second kappa shape index (κ2) is 8.31. The fourth-order valence-corrected chi connectivity index (χ4v) is 3.65. The van der Waals surface area contributed by atoms with E-state index in [1.54, 1.807) is 0 Å². The molecule has 0 bridgehead atoms. The van der Waals surface area contributed by atoms with E-state index in [4.69, 9.17) is 4.74 Å². The number of hydrogen-bond acceptors (Lipinski definition) is 2. The Kier molecular flexibility index (Phi) is 5.68. The third-order valence-corrected chi connectivity index (χ3v) is 5.36. The van der Waals surface area contributed by atoms with E-state index in [1.807, 2.05) is 18.5 Å². The van der Waals surface area contributed by atoms with Crippen LogP contribution in [-0.4, -0.2) is 15.2 Å². The van der Waals surface area contributed by atoms with Crippen LogP contribution < -0.4 is 4.74 Å². The molecule has 0 spiro atoms. The molecule has 0 amide bonds. The van der Waals surface area contributed by atoms with E-state index in [-0.39, 0.29) is 11.0 Å². The van der Waals surface area contributed by atoms with Crippen LogP contribution in [0.1, 0.15) is 58.2 Å². The zero-order valence-corrected chi connectivity index (χ0v) is 19.9. The van der Waals surface area contributed by atoms with Crippen LogP contribution in [0.4, 0.5) is 0 Å². The van der Waals surface area contributed by atoms with Crippen LogP contribution in [0.25, 0.3) is 28.9 Å². The van der Waals surface area contributed by atoms with Crippen molar-refractivity contribution in [3.8, 4) is 11.4 Å². The van der Waals surface area contributed by atoms with E-state index in [2.05, 4.69) is 118 Å². The van der Waals surface area contributed by atoms with Gasteiger partial charge < -0.3 is 4.74 Å². The summed E-state index contributed by atoms with van der Waals surface area (Å²) in [5.41, 5.74) is 6.77. The van der Waals surface area contributed by atoms with Crippen LogP contribution in [0.2, 0.25) is 0 Å². The smallest absolute Gasteiger partial charge is 0.120 e. The van der Waals surface area contributed by atoms with Crippen molar-refractivity contribution in [3.63, 3.8) is 0 Å². The maximum absolute atomic E-state index is 5.93. The van der Waals surface area contributed by atoms with Crippen LogP contribution in [0.3, 0.4) is 0 Å². The van der Waals surface area contributed by atoms with E-state index < -0.39 is 0 Å². The quantitative estimate of drug-likeness (QED) is 0.314. The molecule has 0 unspecified atom stereocenters. The molecule has 3 nitrogen and oxygen atoms in total. The monoisotopic (exact) mass is 424 g/mol. The van der Waals surface area contributed by atoms with Gasteiger partial charge in [0.05, 0.1) is 11.0 Å². The molecular formula is C29H32N2O. The second-order valence-electron chi connectivity index (χ2n) is 10.3. The topological polar surface area (TPSA) is 27.1 Å². The number of benzene rings is 3. The molecule has 0 saturated heterocycles. The standard InChI is InChI=1S/C29H32N2O/c1-28(2,3)23-12-9-21(10-13-23)7-8-22-11-18-27-26(19-22)30-20-31(27)24-14-16-25(17-15-24)32-29(4,5)6/h7-20H,1-6H3/b8-7+. The molecule has 3 aromatic carbocycles. The van der Waals surface area contributed by atoms with Gasteiger partial charge in [-0.25, -0.2) is 4.98 Å². The summed E-state index contributed by atoms with van der Waals surface area (Å²) in [5.74, 6) is 0.869. The molecule has 4 aromatic rings. The van der Waals surface area contributed by atoms with E-state index in [0.717, 1.165) is 28.0 Å². The fourth-order valence-electron chi connectivity index (χ4n) is 3.65. The minimum absolute atomic E-state index is 0.173. The largest absolute Gasteiger partial charge is 0.488 e. The summed E-state index contributed by atoms with van der Waals surface area (Å²) in [6, 6.07) is 23.3. The molecular weight excluding hydrogens is 392 g/mol.